The Morgan fingerprint density at radius 1 is 1.39 bits per heavy atom. The molecule has 1 aliphatic heterocycles. The minimum Gasteiger partial charge on any atom is -0.351 e. The van der Waals surface area contributed by atoms with Gasteiger partial charge in [0.1, 0.15) is 0 Å². The highest BCUT2D eigenvalue weighted by Crippen LogP contribution is 2.22. The maximum atomic E-state index is 12.0. The van der Waals surface area contributed by atoms with Crippen molar-refractivity contribution in [2.45, 2.75) is 65.5 Å². The number of nitrogens with one attached hydrogen (secondary N) is 1. The Kier molecular flexibility index (Phi) is 4.77. The van der Waals surface area contributed by atoms with Crippen LogP contribution in [0.15, 0.2) is 0 Å². The molecule has 1 N–H and O–H groups in total. The Hall–Kier alpha value is -1.06. The number of rotatable bonds is 4. The molecular weight excluding hydrogens is 228 g/mol. The van der Waals surface area contributed by atoms with E-state index in [1.165, 1.54) is 0 Å². The van der Waals surface area contributed by atoms with E-state index in [0.717, 1.165) is 12.8 Å². The van der Waals surface area contributed by atoms with Gasteiger partial charge >= 0.3 is 0 Å². The van der Waals surface area contributed by atoms with E-state index in [1.807, 2.05) is 39.5 Å². The first-order valence-electron chi connectivity index (χ1n) is 6.90. The van der Waals surface area contributed by atoms with Gasteiger partial charge in [-0.2, -0.15) is 0 Å². The fraction of sp³-hybridized carbons (Fsp3) is 0.857. The normalized spacial score (nSPS) is 20.7. The quantitative estimate of drug-likeness (QED) is 0.833. The van der Waals surface area contributed by atoms with Gasteiger partial charge in [-0.25, -0.2) is 0 Å². The number of likely N-dealkylation sites (tertiary alicyclic amines) is 1. The second kappa shape index (κ2) is 5.72. The van der Waals surface area contributed by atoms with Gasteiger partial charge in [-0.05, 0) is 33.6 Å². The summed E-state index contributed by atoms with van der Waals surface area (Å²) in [5, 5.41) is 3.01. The molecule has 0 radical (unpaired) electrons. The van der Waals surface area contributed by atoms with Gasteiger partial charge in [-0.3, -0.25) is 9.59 Å². The topological polar surface area (TPSA) is 49.4 Å². The van der Waals surface area contributed by atoms with Crippen LogP contribution in [0.5, 0.6) is 0 Å². The summed E-state index contributed by atoms with van der Waals surface area (Å²) in [6.07, 6.45) is 2.14. The summed E-state index contributed by atoms with van der Waals surface area (Å²) in [5.41, 5.74) is -0.161. The summed E-state index contributed by atoms with van der Waals surface area (Å²) in [7, 11) is 0. The SMILES string of the molecule is CCC(CC)C(=O)NC1CC(=O)N(C(C)(C)C)C1. The fourth-order valence-electron chi connectivity index (χ4n) is 2.43. The summed E-state index contributed by atoms with van der Waals surface area (Å²) >= 11 is 0. The standard InChI is InChI=1S/C14H26N2O2/c1-6-10(7-2)13(18)15-11-8-12(17)16(9-11)14(3,4)5/h10-11H,6-9H2,1-5H3,(H,15,18). The lowest BCUT2D eigenvalue weighted by atomic mass is 10.0. The highest BCUT2D eigenvalue weighted by atomic mass is 16.2. The first-order valence-corrected chi connectivity index (χ1v) is 6.90. The fourth-order valence-corrected chi connectivity index (χ4v) is 2.43. The third kappa shape index (κ3) is 3.47. The average molecular weight is 254 g/mol. The number of nitrogens with zero attached hydrogens (tertiary/aromatic N) is 1. The monoisotopic (exact) mass is 254 g/mol. The third-order valence-corrected chi connectivity index (χ3v) is 3.64. The number of carbonyl (C=O) groups excluding carboxylic acids is 2. The van der Waals surface area contributed by atoms with Crippen LogP contribution < -0.4 is 5.32 Å². The molecule has 1 heterocycles. The van der Waals surface area contributed by atoms with Crippen molar-refractivity contribution in [2.75, 3.05) is 6.54 Å². The van der Waals surface area contributed by atoms with Crippen LogP contribution >= 0.6 is 0 Å². The van der Waals surface area contributed by atoms with Crippen LogP contribution in [0.3, 0.4) is 0 Å². The van der Waals surface area contributed by atoms with Crippen LogP contribution in [0.2, 0.25) is 0 Å². The van der Waals surface area contributed by atoms with Crippen molar-refractivity contribution in [1.29, 1.82) is 0 Å². The molecule has 0 bridgehead atoms. The van der Waals surface area contributed by atoms with E-state index in [2.05, 4.69) is 5.32 Å². The molecule has 0 aromatic carbocycles. The zero-order valence-corrected chi connectivity index (χ0v) is 12.2. The smallest absolute Gasteiger partial charge is 0.225 e. The van der Waals surface area contributed by atoms with Gasteiger partial charge in [0.2, 0.25) is 11.8 Å². The van der Waals surface area contributed by atoms with E-state index in [0.29, 0.717) is 13.0 Å². The van der Waals surface area contributed by atoms with E-state index >= 15 is 0 Å². The van der Waals surface area contributed by atoms with Crippen LogP contribution in [0.4, 0.5) is 0 Å². The Bertz CT molecular complexity index is 316. The van der Waals surface area contributed by atoms with Crippen LogP contribution in [-0.4, -0.2) is 34.8 Å². The zero-order chi connectivity index (χ0) is 13.9. The van der Waals surface area contributed by atoms with E-state index in [-0.39, 0.29) is 29.3 Å². The summed E-state index contributed by atoms with van der Waals surface area (Å²) in [6, 6.07) is -0.0233. The minimum atomic E-state index is -0.161. The highest BCUT2D eigenvalue weighted by Gasteiger charge is 2.37. The molecule has 104 valence electrons. The van der Waals surface area contributed by atoms with Crippen molar-refractivity contribution in [1.82, 2.24) is 10.2 Å². The number of amides is 2. The Morgan fingerprint density at radius 3 is 2.33 bits per heavy atom. The van der Waals surface area contributed by atoms with E-state index in [4.69, 9.17) is 0 Å². The second-order valence-electron chi connectivity index (χ2n) is 6.10. The van der Waals surface area contributed by atoms with Gasteiger partial charge in [0, 0.05) is 24.4 Å². The lowest BCUT2D eigenvalue weighted by Gasteiger charge is -2.32. The molecule has 0 aromatic heterocycles. The van der Waals surface area contributed by atoms with Gasteiger partial charge in [0.25, 0.3) is 0 Å². The summed E-state index contributed by atoms with van der Waals surface area (Å²) in [6.45, 7) is 10.8. The number of carbonyl (C=O) groups is 2. The molecule has 0 aliphatic carbocycles. The largest absolute Gasteiger partial charge is 0.351 e. The maximum absolute atomic E-state index is 12.0. The van der Waals surface area contributed by atoms with Crippen molar-refractivity contribution < 1.29 is 9.59 Å². The third-order valence-electron chi connectivity index (χ3n) is 3.64. The Labute approximate surface area is 110 Å². The molecule has 18 heavy (non-hydrogen) atoms. The summed E-state index contributed by atoms with van der Waals surface area (Å²) < 4.78 is 0. The molecule has 0 aromatic rings. The molecule has 1 fully saturated rings. The van der Waals surface area contributed by atoms with Crippen LogP contribution in [0.25, 0.3) is 0 Å². The molecule has 1 unspecified atom stereocenters. The minimum absolute atomic E-state index is 0.0233. The van der Waals surface area contributed by atoms with Gasteiger partial charge < -0.3 is 10.2 Å². The van der Waals surface area contributed by atoms with Crippen LogP contribution in [0, 0.1) is 5.92 Å². The molecule has 4 nitrogen and oxygen atoms in total. The summed E-state index contributed by atoms with van der Waals surface area (Å²) in [4.78, 5) is 25.7. The number of hydrogen-bond donors (Lipinski definition) is 1. The first-order chi connectivity index (χ1) is 8.29. The van der Waals surface area contributed by atoms with Crippen molar-refractivity contribution in [3.63, 3.8) is 0 Å². The predicted octanol–water partition coefficient (Wildman–Crippen LogP) is 1.94. The van der Waals surface area contributed by atoms with Gasteiger partial charge in [-0.15, -0.1) is 0 Å². The molecule has 4 heteroatoms. The van der Waals surface area contributed by atoms with Gasteiger partial charge in [-0.1, -0.05) is 13.8 Å². The van der Waals surface area contributed by atoms with Crippen molar-refractivity contribution in [3.05, 3.63) is 0 Å². The van der Waals surface area contributed by atoms with Crippen LogP contribution in [-0.2, 0) is 9.59 Å². The predicted molar refractivity (Wildman–Crippen MR) is 72.1 cm³/mol. The molecule has 0 saturated carbocycles. The molecule has 1 saturated heterocycles. The lowest BCUT2D eigenvalue weighted by molar-refractivity contribution is -0.131. The molecule has 1 atom stereocenters. The van der Waals surface area contributed by atoms with Gasteiger partial charge in [0.05, 0.1) is 6.04 Å². The van der Waals surface area contributed by atoms with Crippen molar-refractivity contribution in [2.24, 2.45) is 5.92 Å². The molecular formula is C14H26N2O2. The second-order valence-corrected chi connectivity index (χ2v) is 6.10. The molecule has 0 spiro atoms. The van der Waals surface area contributed by atoms with E-state index < -0.39 is 0 Å². The van der Waals surface area contributed by atoms with Crippen LogP contribution in [0.1, 0.15) is 53.9 Å². The Balaban J connectivity index is 2.57. The summed E-state index contributed by atoms with van der Waals surface area (Å²) in [5.74, 6) is 0.301. The first kappa shape index (κ1) is 15.0. The molecule has 1 aliphatic rings. The van der Waals surface area contributed by atoms with Gasteiger partial charge in [0.15, 0.2) is 0 Å². The Morgan fingerprint density at radius 2 is 1.94 bits per heavy atom. The van der Waals surface area contributed by atoms with Crippen molar-refractivity contribution in [3.8, 4) is 0 Å². The highest BCUT2D eigenvalue weighted by molar-refractivity contribution is 5.83. The molecule has 1 rings (SSSR count). The average Bonchev–Trinajstić information content (AvgIpc) is 2.60. The number of hydrogen-bond acceptors (Lipinski definition) is 2. The zero-order valence-electron chi connectivity index (χ0n) is 12.2. The maximum Gasteiger partial charge on any atom is 0.225 e. The molecule has 2 amide bonds. The van der Waals surface area contributed by atoms with E-state index in [1.54, 1.807) is 0 Å². The lowest BCUT2D eigenvalue weighted by Crippen LogP contribution is -2.45. The van der Waals surface area contributed by atoms with Crippen molar-refractivity contribution >= 4 is 11.8 Å². The van der Waals surface area contributed by atoms with E-state index in [9.17, 15) is 9.59 Å².